The summed E-state index contributed by atoms with van der Waals surface area (Å²) >= 11 is 0.821. The lowest BCUT2D eigenvalue weighted by molar-refractivity contribution is -0.146. The number of amides is 1. The number of ether oxygens (including phenoxy) is 1. The number of hydrogen-bond acceptors (Lipinski definition) is 4. The van der Waals surface area contributed by atoms with E-state index in [1.165, 1.54) is 0 Å². The number of nitrogens with zero attached hydrogens (tertiary/aromatic N) is 3. The fourth-order valence-corrected chi connectivity index (χ4v) is 2.62. The van der Waals surface area contributed by atoms with E-state index in [-0.39, 0.29) is 11.0 Å². The third-order valence-corrected chi connectivity index (χ3v) is 4.02. The van der Waals surface area contributed by atoms with E-state index < -0.39 is 34.3 Å². The van der Waals surface area contributed by atoms with Gasteiger partial charge in [-0.05, 0) is 37.0 Å². The number of rotatable bonds is 6. The maximum Gasteiger partial charge on any atom is 0.319 e. The van der Waals surface area contributed by atoms with Crippen LogP contribution in [0.25, 0.3) is 10.4 Å². The summed E-state index contributed by atoms with van der Waals surface area (Å²) < 4.78 is 32.5. The van der Waals surface area contributed by atoms with Crippen LogP contribution in [0.5, 0.6) is 0 Å². The summed E-state index contributed by atoms with van der Waals surface area (Å²) in [6.07, 6.45) is 0.0319. The van der Waals surface area contributed by atoms with Gasteiger partial charge < -0.3 is 4.74 Å². The minimum Gasteiger partial charge on any atom is -0.462 e. The Hall–Kier alpha value is -2.12. The van der Waals surface area contributed by atoms with Crippen LogP contribution in [0.15, 0.2) is 22.1 Å². The molecular weight excluding hydrogens is 328 g/mol. The van der Waals surface area contributed by atoms with Gasteiger partial charge in [0, 0.05) is 15.9 Å². The third-order valence-electron chi connectivity index (χ3n) is 2.64. The lowest BCUT2D eigenvalue weighted by atomic mass is 10.2. The molecule has 0 aliphatic rings. The Morgan fingerprint density at radius 3 is 2.52 bits per heavy atom. The zero-order valence-electron chi connectivity index (χ0n) is 12.7. The van der Waals surface area contributed by atoms with E-state index in [4.69, 9.17) is 10.3 Å². The Balaban J connectivity index is 3.11. The Morgan fingerprint density at radius 1 is 1.35 bits per heavy atom. The van der Waals surface area contributed by atoms with E-state index in [1.54, 1.807) is 20.8 Å². The van der Waals surface area contributed by atoms with Crippen molar-refractivity contribution < 1.29 is 23.1 Å². The summed E-state index contributed by atoms with van der Waals surface area (Å²) in [6, 6.07) is 1.45. The topological polar surface area (TPSA) is 92.1 Å². The highest BCUT2D eigenvalue weighted by Gasteiger charge is 2.24. The first-order valence-electron chi connectivity index (χ1n) is 6.75. The fraction of sp³-hybridized carbons (Fsp3) is 0.429. The molecule has 6 nitrogen and oxygen atoms in total. The van der Waals surface area contributed by atoms with Gasteiger partial charge in [-0.25, -0.2) is 8.78 Å². The van der Waals surface area contributed by atoms with Crippen molar-refractivity contribution in [3.63, 3.8) is 0 Å². The average Bonchev–Trinajstić information content (AvgIpc) is 2.45. The van der Waals surface area contributed by atoms with E-state index in [1.807, 2.05) is 0 Å². The smallest absolute Gasteiger partial charge is 0.319 e. The van der Waals surface area contributed by atoms with Crippen LogP contribution in [-0.2, 0) is 9.53 Å². The molecule has 0 radical (unpaired) electrons. The van der Waals surface area contributed by atoms with Crippen molar-refractivity contribution in [2.45, 2.75) is 43.4 Å². The quantitative estimate of drug-likeness (QED) is 0.254. The maximum absolute atomic E-state index is 13.9. The Labute approximate surface area is 135 Å². The number of thioether (sulfide) groups is 1. The molecule has 0 fully saturated rings. The second-order valence-corrected chi connectivity index (χ2v) is 6.00. The lowest BCUT2D eigenvalue weighted by Crippen LogP contribution is -2.23. The van der Waals surface area contributed by atoms with Crippen LogP contribution in [0, 0.1) is 11.6 Å². The van der Waals surface area contributed by atoms with Crippen LogP contribution in [0.1, 0.15) is 37.6 Å². The summed E-state index contributed by atoms with van der Waals surface area (Å²) in [7, 11) is 0. The Morgan fingerprint density at radius 2 is 2.00 bits per heavy atom. The van der Waals surface area contributed by atoms with Crippen molar-refractivity contribution in [1.82, 2.24) is 0 Å². The average molecular weight is 343 g/mol. The van der Waals surface area contributed by atoms with E-state index in [2.05, 4.69) is 10.0 Å². The summed E-state index contributed by atoms with van der Waals surface area (Å²) in [6.45, 7) is 5.08. The number of esters is 1. The van der Waals surface area contributed by atoms with Gasteiger partial charge in [-0.1, -0.05) is 6.92 Å². The molecular formula is C14H15F2N3O3S. The predicted octanol–water partition coefficient (Wildman–Crippen LogP) is 4.24. The van der Waals surface area contributed by atoms with Crippen molar-refractivity contribution in [3.05, 3.63) is 39.8 Å². The van der Waals surface area contributed by atoms with Crippen molar-refractivity contribution in [2.24, 2.45) is 5.11 Å². The maximum atomic E-state index is 13.9. The number of carbonyl (C=O) groups is 2. The highest BCUT2D eigenvalue weighted by molar-refractivity contribution is 8.00. The van der Waals surface area contributed by atoms with Gasteiger partial charge in [-0.3, -0.25) is 9.59 Å². The standard InChI is InChI=1S/C14H15F2N3O3S/c1-4-11(14(21)22-7(2)3)23-12-5-8(13(20)18-19-17)9(15)6-10(12)16/h5-7,11H,4H2,1-3H3. The van der Waals surface area contributed by atoms with Crippen molar-refractivity contribution >= 4 is 23.6 Å². The van der Waals surface area contributed by atoms with Gasteiger partial charge in [0.15, 0.2) is 0 Å². The van der Waals surface area contributed by atoms with Gasteiger partial charge in [0.25, 0.3) is 5.91 Å². The summed E-state index contributed by atoms with van der Waals surface area (Å²) in [5, 5.41) is 2.07. The predicted molar refractivity (Wildman–Crippen MR) is 81.0 cm³/mol. The van der Waals surface area contributed by atoms with Crippen molar-refractivity contribution in [1.29, 1.82) is 0 Å². The van der Waals surface area contributed by atoms with Gasteiger partial charge in [-0.2, -0.15) is 0 Å². The molecule has 0 spiro atoms. The second kappa shape index (κ2) is 8.50. The van der Waals surface area contributed by atoms with Gasteiger partial charge in [0.1, 0.15) is 16.9 Å². The van der Waals surface area contributed by atoms with Gasteiger partial charge in [-0.15, -0.1) is 11.8 Å². The lowest BCUT2D eigenvalue weighted by Gasteiger charge is -2.16. The fourth-order valence-electron chi connectivity index (χ4n) is 1.64. The molecule has 9 heteroatoms. The van der Waals surface area contributed by atoms with E-state index in [0.717, 1.165) is 17.8 Å². The number of halogens is 2. The molecule has 0 N–H and O–H groups in total. The van der Waals surface area contributed by atoms with Crippen LogP contribution in [0.4, 0.5) is 8.78 Å². The SMILES string of the molecule is CCC(Sc1cc(C(=O)N=[N+]=[N-])c(F)cc1F)C(=O)OC(C)C. The van der Waals surface area contributed by atoms with Crippen LogP contribution < -0.4 is 0 Å². The summed E-state index contributed by atoms with van der Waals surface area (Å²) in [5.41, 5.74) is 7.67. The van der Waals surface area contributed by atoms with Gasteiger partial charge >= 0.3 is 5.97 Å². The molecule has 0 heterocycles. The number of azide groups is 1. The largest absolute Gasteiger partial charge is 0.462 e. The highest BCUT2D eigenvalue weighted by Crippen LogP contribution is 2.31. The zero-order chi connectivity index (χ0) is 17.6. The van der Waals surface area contributed by atoms with Gasteiger partial charge in [0.2, 0.25) is 0 Å². The summed E-state index contributed by atoms with van der Waals surface area (Å²) in [4.78, 5) is 25.6. The molecule has 1 rings (SSSR count). The first-order valence-corrected chi connectivity index (χ1v) is 7.63. The van der Waals surface area contributed by atoms with E-state index in [9.17, 15) is 18.4 Å². The first kappa shape index (κ1) is 18.9. The monoisotopic (exact) mass is 343 g/mol. The highest BCUT2D eigenvalue weighted by atomic mass is 32.2. The normalized spacial score (nSPS) is 11.7. The molecule has 0 bridgehead atoms. The molecule has 1 amide bonds. The number of carbonyl (C=O) groups excluding carboxylic acids is 2. The van der Waals surface area contributed by atoms with Crippen LogP contribution >= 0.6 is 11.8 Å². The molecule has 1 atom stereocenters. The second-order valence-electron chi connectivity index (χ2n) is 4.76. The van der Waals surface area contributed by atoms with E-state index in [0.29, 0.717) is 12.5 Å². The van der Waals surface area contributed by atoms with Crippen LogP contribution in [0.2, 0.25) is 0 Å². The van der Waals surface area contributed by atoms with Gasteiger partial charge in [0.05, 0.1) is 11.7 Å². The first-order chi connectivity index (χ1) is 10.8. The minimum atomic E-state index is -1.16. The molecule has 1 aromatic rings. The molecule has 0 saturated heterocycles. The number of hydrogen-bond donors (Lipinski definition) is 0. The Bertz CT molecular complexity index is 661. The van der Waals surface area contributed by atoms with Crippen LogP contribution in [-0.4, -0.2) is 23.2 Å². The number of benzene rings is 1. The molecule has 1 aromatic carbocycles. The molecule has 1 unspecified atom stereocenters. The van der Waals surface area contributed by atoms with E-state index >= 15 is 0 Å². The van der Waals surface area contributed by atoms with Crippen LogP contribution in [0.3, 0.4) is 0 Å². The molecule has 0 aliphatic heterocycles. The molecule has 0 aromatic heterocycles. The molecule has 23 heavy (non-hydrogen) atoms. The molecule has 124 valence electrons. The third kappa shape index (κ3) is 5.22. The van der Waals surface area contributed by atoms with Crippen molar-refractivity contribution in [2.75, 3.05) is 0 Å². The van der Waals surface area contributed by atoms with Crippen molar-refractivity contribution in [3.8, 4) is 0 Å². The zero-order valence-corrected chi connectivity index (χ0v) is 13.6. The molecule has 0 aliphatic carbocycles. The minimum absolute atomic E-state index is 0.101. The Kier molecular flexibility index (Phi) is 6.99. The summed E-state index contributed by atoms with van der Waals surface area (Å²) in [5.74, 6) is -3.74. The molecule has 0 saturated carbocycles.